The molecule has 0 spiro atoms. The highest BCUT2D eigenvalue weighted by atomic mass is 16.8. The van der Waals surface area contributed by atoms with E-state index in [9.17, 15) is 9.90 Å². The van der Waals surface area contributed by atoms with E-state index in [0.29, 0.717) is 13.2 Å². The lowest BCUT2D eigenvalue weighted by Gasteiger charge is -2.24. The second kappa shape index (κ2) is 9.15. The molecular formula is C12H22O5. The summed E-state index contributed by atoms with van der Waals surface area (Å²) in [4.78, 5) is 10.4. The Labute approximate surface area is 102 Å². The minimum Gasteiger partial charge on any atom is -0.478 e. The van der Waals surface area contributed by atoms with E-state index in [0.717, 1.165) is 37.8 Å². The molecule has 0 aromatic rings. The number of carboxylic acid groups (broad SMARTS) is 1. The second-order valence-electron chi connectivity index (χ2n) is 3.71. The minimum atomic E-state index is -1.93. The van der Waals surface area contributed by atoms with Crippen LogP contribution in [0.25, 0.3) is 0 Å². The summed E-state index contributed by atoms with van der Waals surface area (Å²) >= 11 is 0. The van der Waals surface area contributed by atoms with Gasteiger partial charge >= 0.3 is 11.9 Å². The summed E-state index contributed by atoms with van der Waals surface area (Å²) in [5.41, 5.74) is 0. The molecule has 2 N–H and O–H groups in total. The fourth-order valence-corrected chi connectivity index (χ4v) is 1.04. The standard InChI is InChI=1S/C12H22O5/c1-3-5-9-16-12(15,8-7-11(13)14)17-10-6-4-2/h7-8,15H,3-6,9-10H2,1-2H3,(H,13,14)/b8-7-. The predicted molar refractivity (Wildman–Crippen MR) is 63.4 cm³/mol. The summed E-state index contributed by atoms with van der Waals surface area (Å²) in [6.07, 6.45) is 5.24. The average Bonchev–Trinajstić information content (AvgIpc) is 2.27. The minimum absolute atomic E-state index is 0.323. The summed E-state index contributed by atoms with van der Waals surface area (Å²) in [7, 11) is 0. The van der Waals surface area contributed by atoms with Crippen molar-refractivity contribution in [3.05, 3.63) is 12.2 Å². The lowest BCUT2D eigenvalue weighted by atomic mass is 10.3. The van der Waals surface area contributed by atoms with Crippen LogP contribution in [0.5, 0.6) is 0 Å². The van der Waals surface area contributed by atoms with Gasteiger partial charge in [0.25, 0.3) is 0 Å². The van der Waals surface area contributed by atoms with Crippen LogP contribution >= 0.6 is 0 Å². The molecule has 0 radical (unpaired) electrons. The first kappa shape index (κ1) is 16.1. The van der Waals surface area contributed by atoms with Gasteiger partial charge in [-0.3, -0.25) is 0 Å². The van der Waals surface area contributed by atoms with Crippen LogP contribution in [-0.2, 0) is 14.3 Å². The van der Waals surface area contributed by atoms with Gasteiger partial charge in [0.2, 0.25) is 0 Å². The monoisotopic (exact) mass is 246 g/mol. The third-order valence-corrected chi connectivity index (χ3v) is 2.05. The Morgan fingerprint density at radius 3 is 2.00 bits per heavy atom. The number of aliphatic carboxylic acids is 1. The number of hydrogen-bond donors (Lipinski definition) is 2. The van der Waals surface area contributed by atoms with Gasteiger partial charge in [0.15, 0.2) is 0 Å². The first-order chi connectivity index (χ1) is 8.04. The van der Waals surface area contributed by atoms with E-state index in [1.54, 1.807) is 0 Å². The molecule has 0 saturated heterocycles. The first-order valence-electron chi connectivity index (χ1n) is 5.96. The summed E-state index contributed by atoms with van der Waals surface area (Å²) in [6, 6.07) is 0. The van der Waals surface area contributed by atoms with Gasteiger partial charge in [0, 0.05) is 12.2 Å². The summed E-state index contributed by atoms with van der Waals surface area (Å²) in [5.74, 6) is -3.08. The van der Waals surface area contributed by atoms with Crippen molar-refractivity contribution in [2.45, 2.75) is 45.5 Å². The maximum Gasteiger partial charge on any atom is 0.328 e. The molecule has 5 nitrogen and oxygen atoms in total. The van der Waals surface area contributed by atoms with Crippen molar-refractivity contribution in [2.75, 3.05) is 13.2 Å². The van der Waals surface area contributed by atoms with Crippen LogP contribution in [0.2, 0.25) is 0 Å². The maximum absolute atomic E-state index is 10.4. The van der Waals surface area contributed by atoms with Crippen LogP contribution in [0, 0.1) is 0 Å². The van der Waals surface area contributed by atoms with Gasteiger partial charge in [0.05, 0.1) is 13.2 Å². The normalized spacial score (nSPS) is 12.2. The Morgan fingerprint density at radius 1 is 1.18 bits per heavy atom. The number of rotatable bonds is 10. The zero-order valence-electron chi connectivity index (χ0n) is 10.5. The summed E-state index contributed by atoms with van der Waals surface area (Å²) in [5, 5.41) is 18.4. The molecule has 0 aromatic carbocycles. The summed E-state index contributed by atoms with van der Waals surface area (Å²) < 4.78 is 10.3. The van der Waals surface area contributed by atoms with E-state index in [1.165, 1.54) is 0 Å². The Balaban J connectivity index is 4.28. The van der Waals surface area contributed by atoms with Gasteiger partial charge in [-0.1, -0.05) is 26.7 Å². The average molecular weight is 246 g/mol. The van der Waals surface area contributed by atoms with Crippen molar-refractivity contribution >= 4 is 5.97 Å². The second-order valence-corrected chi connectivity index (χ2v) is 3.71. The van der Waals surface area contributed by atoms with E-state index in [4.69, 9.17) is 14.6 Å². The van der Waals surface area contributed by atoms with Gasteiger partial charge in [-0.15, -0.1) is 0 Å². The Hall–Kier alpha value is -0.910. The number of unbranched alkanes of at least 4 members (excludes halogenated alkanes) is 2. The highest BCUT2D eigenvalue weighted by molar-refractivity contribution is 5.79. The van der Waals surface area contributed by atoms with Crippen molar-refractivity contribution in [3.8, 4) is 0 Å². The lowest BCUT2D eigenvalue weighted by molar-refractivity contribution is -0.328. The zero-order valence-corrected chi connectivity index (χ0v) is 10.5. The third kappa shape index (κ3) is 8.85. The number of aliphatic hydroxyl groups is 1. The molecule has 0 aliphatic heterocycles. The largest absolute Gasteiger partial charge is 0.478 e. The van der Waals surface area contributed by atoms with Crippen LogP contribution in [0.15, 0.2) is 12.2 Å². The van der Waals surface area contributed by atoms with E-state index in [2.05, 4.69) is 0 Å². The fraction of sp³-hybridized carbons (Fsp3) is 0.750. The molecule has 0 heterocycles. The molecular weight excluding hydrogens is 224 g/mol. The molecule has 0 saturated carbocycles. The molecule has 0 aliphatic carbocycles. The molecule has 0 aromatic heterocycles. The molecule has 0 fully saturated rings. The highest BCUT2D eigenvalue weighted by Gasteiger charge is 2.25. The van der Waals surface area contributed by atoms with Crippen LogP contribution in [0.3, 0.4) is 0 Å². The molecule has 17 heavy (non-hydrogen) atoms. The SMILES string of the molecule is CCCCOC(O)(/C=C\C(=O)O)OCCCC. The molecule has 100 valence electrons. The molecule has 5 heteroatoms. The van der Waals surface area contributed by atoms with E-state index < -0.39 is 11.9 Å². The fourth-order valence-electron chi connectivity index (χ4n) is 1.04. The molecule has 0 amide bonds. The Kier molecular flexibility index (Phi) is 8.66. The van der Waals surface area contributed by atoms with Crippen molar-refractivity contribution in [3.63, 3.8) is 0 Å². The third-order valence-electron chi connectivity index (χ3n) is 2.05. The molecule has 0 rings (SSSR count). The quantitative estimate of drug-likeness (QED) is 0.350. The van der Waals surface area contributed by atoms with Crippen molar-refractivity contribution < 1.29 is 24.5 Å². The first-order valence-corrected chi connectivity index (χ1v) is 5.96. The topological polar surface area (TPSA) is 76.0 Å². The molecule has 0 unspecified atom stereocenters. The van der Waals surface area contributed by atoms with Crippen LogP contribution in [-0.4, -0.2) is 35.4 Å². The van der Waals surface area contributed by atoms with Crippen LogP contribution < -0.4 is 0 Å². The van der Waals surface area contributed by atoms with Gasteiger partial charge < -0.3 is 19.7 Å². The Morgan fingerprint density at radius 2 is 1.65 bits per heavy atom. The number of ether oxygens (including phenoxy) is 2. The van der Waals surface area contributed by atoms with Crippen molar-refractivity contribution in [1.82, 2.24) is 0 Å². The molecule has 0 bridgehead atoms. The summed E-state index contributed by atoms with van der Waals surface area (Å²) in [6.45, 7) is 4.63. The van der Waals surface area contributed by atoms with Gasteiger partial charge in [-0.05, 0) is 12.8 Å². The zero-order chi connectivity index (χ0) is 13.1. The van der Waals surface area contributed by atoms with Crippen molar-refractivity contribution in [1.29, 1.82) is 0 Å². The van der Waals surface area contributed by atoms with E-state index in [-0.39, 0.29) is 0 Å². The number of carbonyl (C=O) groups is 1. The van der Waals surface area contributed by atoms with Gasteiger partial charge in [0.1, 0.15) is 0 Å². The smallest absolute Gasteiger partial charge is 0.328 e. The lowest BCUT2D eigenvalue weighted by Crippen LogP contribution is -2.34. The molecule has 0 aliphatic rings. The highest BCUT2D eigenvalue weighted by Crippen LogP contribution is 2.13. The molecule has 0 atom stereocenters. The van der Waals surface area contributed by atoms with Gasteiger partial charge in [-0.2, -0.15) is 0 Å². The predicted octanol–water partition coefficient (Wildman–Crippen LogP) is 1.91. The van der Waals surface area contributed by atoms with E-state index >= 15 is 0 Å². The number of carboxylic acids is 1. The van der Waals surface area contributed by atoms with Crippen LogP contribution in [0.4, 0.5) is 0 Å². The maximum atomic E-state index is 10.4. The van der Waals surface area contributed by atoms with Crippen LogP contribution in [0.1, 0.15) is 39.5 Å². The van der Waals surface area contributed by atoms with Gasteiger partial charge in [-0.25, -0.2) is 4.79 Å². The van der Waals surface area contributed by atoms with Crippen molar-refractivity contribution in [2.24, 2.45) is 0 Å². The number of hydrogen-bond acceptors (Lipinski definition) is 4. The Bertz CT molecular complexity index is 227. The van der Waals surface area contributed by atoms with E-state index in [1.807, 2.05) is 13.8 Å².